The molecule has 7 heteroatoms. The van der Waals surface area contributed by atoms with Crippen LogP contribution < -0.4 is 4.74 Å². The topological polar surface area (TPSA) is 61.0 Å². The summed E-state index contributed by atoms with van der Waals surface area (Å²) in [5.74, 6) is 1.31. The summed E-state index contributed by atoms with van der Waals surface area (Å²) in [5, 5.41) is 4.29. The number of aryl methyl sites for hydroxylation is 2. The first-order valence-corrected chi connectivity index (χ1v) is 10.8. The van der Waals surface area contributed by atoms with Crippen LogP contribution in [0.3, 0.4) is 0 Å². The molecule has 0 spiro atoms. The first-order valence-electron chi connectivity index (χ1n) is 10.8. The fourth-order valence-corrected chi connectivity index (χ4v) is 4.50. The zero-order valence-corrected chi connectivity index (χ0v) is 18.3. The molecule has 0 amide bonds. The zero-order chi connectivity index (χ0) is 21.4. The fourth-order valence-electron chi connectivity index (χ4n) is 4.50. The average molecular weight is 417 g/mol. The molecule has 31 heavy (non-hydrogen) atoms. The van der Waals surface area contributed by atoms with E-state index in [-0.39, 0.29) is 0 Å². The molecule has 160 valence electrons. The van der Waals surface area contributed by atoms with Gasteiger partial charge in [0.2, 0.25) is 0 Å². The maximum Gasteiger partial charge on any atom is 0.118 e. The summed E-state index contributed by atoms with van der Waals surface area (Å²) in [6.45, 7) is 3.11. The Kier molecular flexibility index (Phi) is 5.19. The molecule has 1 aliphatic rings. The first kappa shape index (κ1) is 19.8. The third-order valence-corrected chi connectivity index (χ3v) is 6.27. The zero-order valence-electron chi connectivity index (χ0n) is 18.3. The number of rotatable bonds is 5. The molecular weight excluding hydrogens is 388 g/mol. The van der Waals surface area contributed by atoms with E-state index in [1.807, 2.05) is 43.4 Å². The second-order valence-electron chi connectivity index (χ2n) is 8.42. The molecular formula is C24H28N6O. The van der Waals surface area contributed by atoms with E-state index in [0.29, 0.717) is 5.92 Å². The molecule has 5 rings (SSSR count). The number of hydrogen-bond acceptors (Lipinski definition) is 5. The highest BCUT2D eigenvalue weighted by Crippen LogP contribution is 2.33. The maximum atomic E-state index is 5.32. The summed E-state index contributed by atoms with van der Waals surface area (Å²) in [5.41, 5.74) is 6.55. The Balaban J connectivity index is 1.40. The minimum absolute atomic E-state index is 0.460. The molecule has 0 saturated carbocycles. The van der Waals surface area contributed by atoms with Crippen molar-refractivity contribution in [2.75, 3.05) is 20.2 Å². The second kappa shape index (κ2) is 8.15. The largest absolute Gasteiger partial charge is 0.497 e. The summed E-state index contributed by atoms with van der Waals surface area (Å²) in [7, 11) is 5.70. The predicted octanol–water partition coefficient (Wildman–Crippen LogP) is 3.76. The Labute approximate surface area is 182 Å². The molecule has 3 aromatic heterocycles. The second-order valence-corrected chi connectivity index (χ2v) is 8.42. The van der Waals surface area contributed by atoms with Crippen LogP contribution in [0.25, 0.3) is 22.3 Å². The number of nitrogens with zero attached hydrogens (tertiary/aromatic N) is 6. The minimum Gasteiger partial charge on any atom is -0.497 e. The van der Waals surface area contributed by atoms with Gasteiger partial charge in [0.25, 0.3) is 0 Å². The number of piperidine rings is 1. The monoisotopic (exact) mass is 416 g/mol. The van der Waals surface area contributed by atoms with Gasteiger partial charge in [0.05, 0.1) is 30.8 Å². The summed E-state index contributed by atoms with van der Waals surface area (Å²) < 4.78 is 9.28. The van der Waals surface area contributed by atoms with Crippen LogP contribution in [0.1, 0.15) is 30.0 Å². The van der Waals surface area contributed by atoms with Gasteiger partial charge in [-0.05, 0) is 56.3 Å². The van der Waals surface area contributed by atoms with Crippen molar-refractivity contribution < 1.29 is 4.74 Å². The summed E-state index contributed by atoms with van der Waals surface area (Å²) in [4.78, 5) is 12.3. The fraction of sp³-hybridized carbons (Fsp3) is 0.375. The van der Waals surface area contributed by atoms with Crippen LogP contribution in [-0.4, -0.2) is 49.4 Å². The van der Waals surface area contributed by atoms with Gasteiger partial charge < -0.3 is 9.30 Å². The van der Waals surface area contributed by atoms with Crippen molar-refractivity contribution in [1.82, 2.24) is 29.2 Å². The SMILES string of the molecule is COc1ccc(-c2nc(C3CCN(Cc4cnn(C)c4)CC3)cc3c2ncn3C)cc1. The van der Waals surface area contributed by atoms with Crippen LogP contribution in [0.15, 0.2) is 49.1 Å². The van der Waals surface area contributed by atoms with Gasteiger partial charge in [-0.15, -0.1) is 0 Å². The van der Waals surface area contributed by atoms with Gasteiger partial charge in [0.15, 0.2) is 0 Å². The molecule has 0 N–H and O–H groups in total. The number of benzene rings is 1. The van der Waals surface area contributed by atoms with Crippen molar-refractivity contribution in [3.8, 4) is 17.0 Å². The van der Waals surface area contributed by atoms with E-state index in [4.69, 9.17) is 9.72 Å². The van der Waals surface area contributed by atoms with E-state index in [1.165, 1.54) is 11.3 Å². The van der Waals surface area contributed by atoms with Crippen LogP contribution >= 0.6 is 0 Å². The third-order valence-electron chi connectivity index (χ3n) is 6.27. The van der Waals surface area contributed by atoms with Crippen molar-refractivity contribution in [1.29, 1.82) is 0 Å². The molecule has 0 atom stereocenters. The molecule has 1 saturated heterocycles. The maximum absolute atomic E-state index is 5.32. The smallest absolute Gasteiger partial charge is 0.118 e. The van der Waals surface area contributed by atoms with Gasteiger partial charge in [-0.3, -0.25) is 14.6 Å². The number of pyridine rings is 1. The highest BCUT2D eigenvalue weighted by Gasteiger charge is 2.24. The molecule has 0 radical (unpaired) electrons. The normalized spacial score (nSPS) is 15.6. The van der Waals surface area contributed by atoms with Gasteiger partial charge in [0, 0.05) is 49.6 Å². The lowest BCUT2D eigenvalue weighted by Crippen LogP contribution is -2.32. The number of methoxy groups -OCH3 is 1. The Morgan fingerprint density at radius 1 is 1.10 bits per heavy atom. The van der Waals surface area contributed by atoms with Gasteiger partial charge in [-0.2, -0.15) is 5.10 Å². The van der Waals surface area contributed by atoms with Crippen molar-refractivity contribution in [2.45, 2.75) is 25.3 Å². The number of aromatic nitrogens is 5. The Morgan fingerprint density at radius 2 is 1.87 bits per heavy atom. The van der Waals surface area contributed by atoms with Crippen molar-refractivity contribution in [2.24, 2.45) is 14.1 Å². The van der Waals surface area contributed by atoms with E-state index in [2.05, 4.69) is 43.9 Å². The van der Waals surface area contributed by atoms with Crippen molar-refractivity contribution in [3.05, 3.63) is 60.3 Å². The highest BCUT2D eigenvalue weighted by molar-refractivity contribution is 5.90. The molecule has 4 aromatic rings. The molecule has 1 aromatic carbocycles. The van der Waals surface area contributed by atoms with Gasteiger partial charge in [-0.1, -0.05) is 0 Å². The molecule has 1 aliphatic heterocycles. The minimum atomic E-state index is 0.460. The van der Waals surface area contributed by atoms with Crippen molar-refractivity contribution >= 4 is 11.0 Å². The lowest BCUT2D eigenvalue weighted by atomic mass is 9.92. The Bertz CT molecular complexity index is 1180. The standard InChI is InChI=1S/C24H28N6O/c1-28-16-25-24-22(28)12-21(27-23(24)19-4-6-20(31-3)7-5-19)18-8-10-30(11-9-18)15-17-13-26-29(2)14-17/h4-7,12-14,16,18H,8-11,15H2,1-3H3. The Morgan fingerprint density at radius 3 is 2.55 bits per heavy atom. The first-order chi connectivity index (χ1) is 15.1. The highest BCUT2D eigenvalue weighted by atomic mass is 16.5. The molecule has 4 heterocycles. The summed E-state index contributed by atoms with van der Waals surface area (Å²) in [6.07, 6.45) is 8.16. The third kappa shape index (κ3) is 3.93. The lowest BCUT2D eigenvalue weighted by molar-refractivity contribution is 0.203. The number of fused-ring (bicyclic) bond motifs is 1. The average Bonchev–Trinajstić information content (AvgIpc) is 3.39. The van der Waals surface area contributed by atoms with E-state index >= 15 is 0 Å². The van der Waals surface area contributed by atoms with Crippen LogP contribution in [-0.2, 0) is 20.6 Å². The van der Waals surface area contributed by atoms with Gasteiger partial charge >= 0.3 is 0 Å². The molecule has 7 nitrogen and oxygen atoms in total. The van der Waals surface area contributed by atoms with E-state index < -0.39 is 0 Å². The van der Waals surface area contributed by atoms with Crippen LogP contribution in [0.4, 0.5) is 0 Å². The van der Waals surface area contributed by atoms with Crippen LogP contribution in [0, 0.1) is 0 Å². The molecule has 0 aliphatic carbocycles. The summed E-state index contributed by atoms with van der Waals surface area (Å²) >= 11 is 0. The summed E-state index contributed by atoms with van der Waals surface area (Å²) in [6, 6.07) is 10.3. The van der Waals surface area contributed by atoms with Crippen molar-refractivity contribution in [3.63, 3.8) is 0 Å². The number of likely N-dealkylation sites (tertiary alicyclic amines) is 1. The molecule has 0 unspecified atom stereocenters. The molecule has 0 bridgehead atoms. The van der Waals surface area contributed by atoms with Gasteiger partial charge in [-0.25, -0.2) is 4.98 Å². The number of ether oxygens (including phenoxy) is 1. The number of imidazole rings is 1. The van der Waals surface area contributed by atoms with E-state index in [9.17, 15) is 0 Å². The van der Waals surface area contributed by atoms with Crippen LogP contribution in [0.2, 0.25) is 0 Å². The van der Waals surface area contributed by atoms with E-state index in [1.54, 1.807) is 7.11 Å². The molecule has 1 fully saturated rings. The predicted molar refractivity (Wildman–Crippen MR) is 121 cm³/mol. The quantitative estimate of drug-likeness (QED) is 0.496. The van der Waals surface area contributed by atoms with E-state index in [0.717, 1.165) is 60.5 Å². The van der Waals surface area contributed by atoms with Gasteiger partial charge in [0.1, 0.15) is 11.3 Å². The lowest BCUT2D eigenvalue weighted by Gasteiger charge is -2.31. The Hall–Kier alpha value is -3.19. The number of hydrogen-bond donors (Lipinski definition) is 0. The van der Waals surface area contributed by atoms with Crippen LogP contribution in [0.5, 0.6) is 5.75 Å².